The SMILES string of the molecule is CC12CCC(C)(O1)C1C(=O)N(c3cnc(C#N)c4ccccc34)C(=O)C12. The predicted molar refractivity (Wildman–Crippen MR) is 93.1 cm³/mol. The van der Waals surface area contributed by atoms with Crippen molar-refractivity contribution >= 4 is 28.3 Å². The molecule has 3 saturated heterocycles. The van der Waals surface area contributed by atoms with Crippen LogP contribution >= 0.6 is 0 Å². The molecule has 3 fully saturated rings. The number of benzene rings is 1. The van der Waals surface area contributed by atoms with E-state index in [1.165, 1.54) is 11.1 Å². The molecule has 0 spiro atoms. The number of carbonyl (C=O) groups excluding carboxylic acids is 2. The lowest BCUT2D eigenvalue weighted by Crippen LogP contribution is -2.40. The fraction of sp³-hybridized carbons (Fsp3) is 0.400. The highest BCUT2D eigenvalue weighted by atomic mass is 16.5. The molecular formula is C20H17N3O3. The van der Waals surface area contributed by atoms with E-state index in [9.17, 15) is 14.9 Å². The van der Waals surface area contributed by atoms with Crippen molar-refractivity contribution in [2.75, 3.05) is 4.90 Å². The highest BCUT2D eigenvalue weighted by Gasteiger charge is 2.72. The first-order chi connectivity index (χ1) is 12.4. The maximum absolute atomic E-state index is 13.3. The quantitative estimate of drug-likeness (QED) is 0.740. The standard InChI is InChI=1S/C20H17N3O3/c1-19-7-8-20(2,26-19)16-15(19)17(24)23(18(16)25)14-10-22-13(9-21)11-5-3-4-6-12(11)14/h3-6,10,15-16H,7-8H2,1-2H3. The summed E-state index contributed by atoms with van der Waals surface area (Å²) in [6, 6.07) is 9.31. The summed E-state index contributed by atoms with van der Waals surface area (Å²) in [6.07, 6.45) is 3.03. The first-order valence-corrected chi connectivity index (χ1v) is 8.75. The van der Waals surface area contributed by atoms with Crippen LogP contribution in [0.15, 0.2) is 30.5 Å². The number of hydrogen-bond donors (Lipinski definition) is 0. The number of pyridine rings is 1. The zero-order chi connectivity index (χ0) is 18.3. The largest absolute Gasteiger partial charge is 0.367 e. The molecule has 3 aliphatic heterocycles. The molecule has 130 valence electrons. The number of nitrogens with zero attached hydrogens (tertiary/aromatic N) is 3. The van der Waals surface area contributed by atoms with Gasteiger partial charge >= 0.3 is 0 Å². The second-order valence-electron chi connectivity index (χ2n) is 7.84. The van der Waals surface area contributed by atoms with E-state index in [4.69, 9.17) is 4.74 Å². The molecule has 26 heavy (non-hydrogen) atoms. The van der Waals surface area contributed by atoms with Crippen molar-refractivity contribution in [2.45, 2.75) is 37.9 Å². The lowest BCUT2D eigenvalue weighted by atomic mass is 9.69. The van der Waals surface area contributed by atoms with Gasteiger partial charge in [0.2, 0.25) is 11.8 Å². The smallest absolute Gasteiger partial charge is 0.240 e. The monoisotopic (exact) mass is 347 g/mol. The van der Waals surface area contributed by atoms with Gasteiger partial charge in [-0.1, -0.05) is 24.3 Å². The third-order valence-corrected chi connectivity index (χ3v) is 6.33. The molecule has 5 rings (SSSR count). The fourth-order valence-electron chi connectivity index (χ4n) is 5.15. The van der Waals surface area contributed by atoms with Crippen molar-refractivity contribution in [3.63, 3.8) is 0 Å². The van der Waals surface area contributed by atoms with Crippen LogP contribution in [0.3, 0.4) is 0 Å². The average molecular weight is 347 g/mol. The summed E-state index contributed by atoms with van der Waals surface area (Å²) in [5, 5.41) is 10.6. The van der Waals surface area contributed by atoms with Gasteiger partial charge in [0, 0.05) is 10.8 Å². The summed E-state index contributed by atoms with van der Waals surface area (Å²) in [5.74, 6) is -1.35. The van der Waals surface area contributed by atoms with Gasteiger partial charge < -0.3 is 4.74 Å². The number of ether oxygens (including phenoxy) is 1. The van der Waals surface area contributed by atoms with Crippen LogP contribution in [0.25, 0.3) is 10.8 Å². The zero-order valence-corrected chi connectivity index (χ0v) is 14.5. The van der Waals surface area contributed by atoms with Crippen molar-refractivity contribution < 1.29 is 14.3 Å². The van der Waals surface area contributed by atoms with Crippen LogP contribution in [0.4, 0.5) is 5.69 Å². The van der Waals surface area contributed by atoms with Gasteiger partial charge in [-0.25, -0.2) is 9.88 Å². The maximum atomic E-state index is 13.3. The summed E-state index contributed by atoms with van der Waals surface area (Å²) in [6.45, 7) is 3.87. The lowest BCUT2D eigenvalue weighted by Gasteiger charge is -2.27. The van der Waals surface area contributed by atoms with Gasteiger partial charge in [0.25, 0.3) is 0 Å². The Morgan fingerprint density at radius 1 is 1.12 bits per heavy atom. The summed E-state index contributed by atoms with van der Waals surface area (Å²) >= 11 is 0. The average Bonchev–Trinajstić information content (AvgIpc) is 3.18. The maximum Gasteiger partial charge on any atom is 0.240 e. The van der Waals surface area contributed by atoms with Crippen molar-refractivity contribution in [1.29, 1.82) is 5.26 Å². The molecule has 3 aliphatic rings. The van der Waals surface area contributed by atoms with Crippen LogP contribution < -0.4 is 4.90 Å². The Hall–Kier alpha value is -2.78. The number of anilines is 1. The normalized spacial score (nSPS) is 35.2. The van der Waals surface area contributed by atoms with Crippen molar-refractivity contribution in [1.82, 2.24) is 4.98 Å². The van der Waals surface area contributed by atoms with E-state index >= 15 is 0 Å². The van der Waals surface area contributed by atoms with Gasteiger partial charge in [-0.05, 0) is 26.7 Å². The number of imide groups is 1. The number of hydrogen-bond acceptors (Lipinski definition) is 5. The van der Waals surface area contributed by atoms with Gasteiger partial charge in [-0.2, -0.15) is 5.26 Å². The Morgan fingerprint density at radius 3 is 2.27 bits per heavy atom. The van der Waals surface area contributed by atoms with E-state index in [-0.39, 0.29) is 17.5 Å². The van der Waals surface area contributed by atoms with Crippen LogP contribution in [0.5, 0.6) is 0 Å². The first-order valence-electron chi connectivity index (χ1n) is 8.75. The Labute approximate surface area is 150 Å². The highest BCUT2D eigenvalue weighted by molar-refractivity contribution is 6.26. The fourth-order valence-corrected chi connectivity index (χ4v) is 5.15. The molecule has 2 bridgehead atoms. The van der Waals surface area contributed by atoms with Gasteiger partial charge in [0.05, 0.1) is 34.9 Å². The summed E-state index contributed by atoms with van der Waals surface area (Å²) in [5.41, 5.74) is -0.436. The zero-order valence-electron chi connectivity index (χ0n) is 14.5. The van der Waals surface area contributed by atoms with Gasteiger partial charge in [-0.15, -0.1) is 0 Å². The second kappa shape index (κ2) is 4.68. The van der Waals surface area contributed by atoms with Crippen LogP contribution in [-0.2, 0) is 14.3 Å². The molecule has 0 saturated carbocycles. The van der Waals surface area contributed by atoms with Crippen LogP contribution in [0.2, 0.25) is 0 Å². The van der Waals surface area contributed by atoms with Crippen LogP contribution in [0.1, 0.15) is 32.4 Å². The molecule has 0 N–H and O–H groups in total. The summed E-state index contributed by atoms with van der Waals surface area (Å²) < 4.78 is 6.14. The van der Waals surface area contributed by atoms with E-state index in [0.717, 1.165) is 12.8 Å². The van der Waals surface area contributed by atoms with Gasteiger partial charge in [0.15, 0.2) is 0 Å². The number of fused-ring (bicyclic) bond motifs is 6. The van der Waals surface area contributed by atoms with E-state index in [0.29, 0.717) is 16.5 Å². The number of aromatic nitrogens is 1. The molecule has 4 heterocycles. The molecular weight excluding hydrogens is 330 g/mol. The summed E-state index contributed by atoms with van der Waals surface area (Å²) in [7, 11) is 0. The van der Waals surface area contributed by atoms with Crippen molar-refractivity contribution in [2.24, 2.45) is 11.8 Å². The van der Waals surface area contributed by atoms with Gasteiger partial charge in [-0.3, -0.25) is 9.59 Å². The van der Waals surface area contributed by atoms with Crippen molar-refractivity contribution in [3.05, 3.63) is 36.2 Å². The number of amides is 2. The first kappa shape index (κ1) is 15.5. The minimum absolute atomic E-state index is 0.220. The number of carbonyl (C=O) groups is 2. The molecule has 1 aromatic heterocycles. The Bertz CT molecular complexity index is 1010. The van der Waals surface area contributed by atoms with E-state index in [2.05, 4.69) is 11.1 Å². The molecule has 6 nitrogen and oxygen atoms in total. The van der Waals surface area contributed by atoms with E-state index in [1.54, 1.807) is 6.07 Å². The third kappa shape index (κ3) is 1.66. The molecule has 0 aliphatic carbocycles. The highest BCUT2D eigenvalue weighted by Crippen LogP contribution is 2.61. The minimum Gasteiger partial charge on any atom is -0.367 e. The molecule has 0 radical (unpaired) electrons. The Morgan fingerprint density at radius 2 is 1.69 bits per heavy atom. The third-order valence-electron chi connectivity index (χ3n) is 6.33. The van der Waals surface area contributed by atoms with Crippen LogP contribution in [0, 0.1) is 23.2 Å². The number of nitriles is 1. The predicted octanol–water partition coefficient (Wildman–Crippen LogP) is 2.55. The molecule has 2 aromatic rings. The minimum atomic E-state index is -0.587. The molecule has 2 amide bonds. The Balaban J connectivity index is 1.70. The second-order valence-corrected chi connectivity index (χ2v) is 7.84. The van der Waals surface area contributed by atoms with E-state index < -0.39 is 23.0 Å². The lowest BCUT2D eigenvalue weighted by molar-refractivity contribution is -0.129. The number of rotatable bonds is 1. The molecule has 1 aromatic carbocycles. The topological polar surface area (TPSA) is 83.3 Å². The molecule has 6 heteroatoms. The summed E-state index contributed by atoms with van der Waals surface area (Å²) in [4.78, 5) is 32.0. The van der Waals surface area contributed by atoms with E-state index in [1.807, 2.05) is 32.0 Å². The molecule has 4 atom stereocenters. The van der Waals surface area contributed by atoms with Crippen molar-refractivity contribution in [3.8, 4) is 6.07 Å². The Kier molecular flexibility index (Phi) is 2.79. The molecule has 4 unspecified atom stereocenters. The van der Waals surface area contributed by atoms with Gasteiger partial charge in [0.1, 0.15) is 11.8 Å². The van der Waals surface area contributed by atoms with Crippen LogP contribution in [-0.4, -0.2) is 28.0 Å².